The van der Waals surface area contributed by atoms with E-state index in [-0.39, 0.29) is 12.3 Å². The average molecular weight is 195 g/mol. The molecular weight excluding hydrogens is 182 g/mol. The normalized spacial score (nSPS) is 22.0. The number of β-amino-alcohol motifs (C(OH)–C–C–N with tert-alkyl or cyclic N) is 1. The van der Waals surface area contributed by atoms with Crippen LogP contribution in [-0.2, 0) is 11.3 Å². The number of aliphatic hydroxyl groups is 1. The van der Waals surface area contributed by atoms with Crippen molar-refractivity contribution in [3.05, 3.63) is 12.4 Å². The summed E-state index contributed by atoms with van der Waals surface area (Å²) in [6, 6.07) is 0. The highest BCUT2D eigenvalue weighted by atomic mass is 16.3. The van der Waals surface area contributed by atoms with Gasteiger partial charge in [0.15, 0.2) is 0 Å². The van der Waals surface area contributed by atoms with Crippen molar-refractivity contribution in [1.82, 2.24) is 9.78 Å². The SMILES string of the molecule is CCn1cc(N2CC(O)CC2=O)cn1. The van der Waals surface area contributed by atoms with E-state index in [0.717, 1.165) is 12.2 Å². The van der Waals surface area contributed by atoms with Gasteiger partial charge in [-0.05, 0) is 6.92 Å². The summed E-state index contributed by atoms with van der Waals surface area (Å²) >= 11 is 0. The van der Waals surface area contributed by atoms with Gasteiger partial charge in [0.2, 0.25) is 5.91 Å². The summed E-state index contributed by atoms with van der Waals surface area (Å²) in [7, 11) is 0. The van der Waals surface area contributed by atoms with Crippen LogP contribution in [0.3, 0.4) is 0 Å². The molecule has 1 aliphatic rings. The van der Waals surface area contributed by atoms with Crippen LogP contribution in [0.15, 0.2) is 12.4 Å². The Hall–Kier alpha value is -1.36. The van der Waals surface area contributed by atoms with Gasteiger partial charge in [0.25, 0.3) is 0 Å². The van der Waals surface area contributed by atoms with Gasteiger partial charge >= 0.3 is 0 Å². The quantitative estimate of drug-likeness (QED) is 0.722. The number of amides is 1. The molecule has 1 amide bonds. The Balaban J connectivity index is 2.18. The second-order valence-corrected chi connectivity index (χ2v) is 3.42. The first-order chi connectivity index (χ1) is 6.70. The molecule has 0 bridgehead atoms. The number of aryl methyl sites for hydroxylation is 1. The Labute approximate surface area is 81.9 Å². The van der Waals surface area contributed by atoms with Gasteiger partial charge in [-0.25, -0.2) is 0 Å². The number of aromatic nitrogens is 2. The average Bonchev–Trinajstić information content (AvgIpc) is 2.71. The van der Waals surface area contributed by atoms with Crippen molar-refractivity contribution in [3.63, 3.8) is 0 Å². The summed E-state index contributed by atoms with van der Waals surface area (Å²) in [5.41, 5.74) is 0.772. The Morgan fingerprint density at radius 2 is 2.50 bits per heavy atom. The highest BCUT2D eigenvalue weighted by molar-refractivity contribution is 5.95. The molecule has 1 atom stereocenters. The van der Waals surface area contributed by atoms with E-state index in [2.05, 4.69) is 5.10 Å². The van der Waals surface area contributed by atoms with Crippen LogP contribution in [0.25, 0.3) is 0 Å². The minimum atomic E-state index is -0.535. The zero-order valence-electron chi connectivity index (χ0n) is 8.05. The Morgan fingerprint density at radius 1 is 1.71 bits per heavy atom. The lowest BCUT2D eigenvalue weighted by molar-refractivity contribution is -0.117. The van der Waals surface area contributed by atoms with E-state index in [4.69, 9.17) is 0 Å². The summed E-state index contributed by atoms with van der Waals surface area (Å²) < 4.78 is 1.76. The first-order valence-electron chi connectivity index (χ1n) is 4.71. The number of hydrogen-bond acceptors (Lipinski definition) is 3. The van der Waals surface area contributed by atoms with Gasteiger partial charge in [0, 0.05) is 12.7 Å². The van der Waals surface area contributed by atoms with Gasteiger partial charge in [-0.2, -0.15) is 5.10 Å². The third-order valence-electron chi connectivity index (χ3n) is 2.36. The maximum absolute atomic E-state index is 11.4. The predicted octanol–water partition coefficient (Wildman–Crippen LogP) is 0.000600. The number of carbonyl (C=O) groups is 1. The minimum absolute atomic E-state index is 0.0341. The first-order valence-corrected chi connectivity index (χ1v) is 4.71. The fourth-order valence-corrected chi connectivity index (χ4v) is 1.60. The molecule has 1 N–H and O–H groups in total. The second-order valence-electron chi connectivity index (χ2n) is 3.42. The predicted molar refractivity (Wildman–Crippen MR) is 50.9 cm³/mol. The van der Waals surface area contributed by atoms with Crippen molar-refractivity contribution < 1.29 is 9.90 Å². The molecule has 0 aliphatic carbocycles. The lowest BCUT2D eigenvalue weighted by Crippen LogP contribution is -2.24. The summed E-state index contributed by atoms with van der Waals surface area (Å²) in [6.07, 6.45) is 3.15. The molecule has 1 aromatic rings. The molecule has 0 spiro atoms. The summed E-state index contributed by atoms with van der Waals surface area (Å²) in [6.45, 7) is 3.15. The molecule has 2 heterocycles. The van der Waals surface area contributed by atoms with Gasteiger partial charge in [-0.1, -0.05) is 0 Å². The van der Waals surface area contributed by atoms with Gasteiger partial charge in [-0.3, -0.25) is 9.48 Å². The fraction of sp³-hybridized carbons (Fsp3) is 0.556. The van der Waals surface area contributed by atoms with E-state index >= 15 is 0 Å². The minimum Gasteiger partial charge on any atom is -0.391 e. The standard InChI is InChI=1S/C9H13N3O2/c1-2-11-5-7(4-10-11)12-6-8(13)3-9(12)14/h4-5,8,13H,2-3,6H2,1H3. The van der Waals surface area contributed by atoms with Crippen molar-refractivity contribution >= 4 is 11.6 Å². The van der Waals surface area contributed by atoms with Crippen LogP contribution in [0.4, 0.5) is 5.69 Å². The van der Waals surface area contributed by atoms with Crippen molar-refractivity contribution in [2.24, 2.45) is 0 Å². The fourth-order valence-electron chi connectivity index (χ4n) is 1.60. The highest BCUT2D eigenvalue weighted by Crippen LogP contribution is 2.20. The maximum Gasteiger partial charge on any atom is 0.229 e. The molecule has 5 nitrogen and oxygen atoms in total. The molecule has 1 fully saturated rings. The third kappa shape index (κ3) is 1.50. The number of aliphatic hydroxyl groups excluding tert-OH is 1. The smallest absolute Gasteiger partial charge is 0.229 e. The molecule has 5 heteroatoms. The molecule has 0 saturated carbocycles. The molecule has 14 heavy (non-hydrogen) atoms. The van der Waals surface area contributed by atoms with Crippen LogP contribution in [0, 0.1) is 0 Å². The largest absolute Gasteiger partial charge is 0.391 e. The molecule has 1 unspecified atom stereocenters. The molecular formula is C9H13N3O2. The van der Waals surface area contributed by atoms with Crippen LogP contribution in [-0.4, -0.2) is 33.4 Å². The monoisotopic (exact) mass is 195 g/mol. The van der Waals surface area contributed by atoms with Crippen LogP contribution in [0.5, 0.6) is 0 Å². The molecule has 0 radical (unpaired) electrons. The Kier molecular flexibility index (Phi) is 2.25. The van der Waals surface area contributed by atoms with Crippen molar-refractivity contribution in [2.75, 3.05) is 11.4 Å². The van der Waals surface area contributed by atoms with Crippen LogP contribution in [0.1, 0.15) is 13.3 Å². The van der Waals surface area contributed by atoms with E-state index < -0.39 is 6.10 Å². The third-order valence-corrected chi connectivity index (χ3v) is 2.36. The van der Waals surface area contributed by atoms with E-state index in [1.165, 1.54) is 0 Å². The molecule has 1 aliphatic heterocycles. The summed E-state index contributed by atoms with van der Waals surface area (Å²) in [4.78, 5) is 13.0. The summed E-state index contributed by atoms with van der Waals surface area (Å²) in [5, 5.41) is 13.4. The van der Waals surface area contributed by atoms with Gasteiger partial charge in [0.05, 0.1) is 31.0 Å². The maximum atomic E-state index is 11.4. The van der Waals surface area contributed by atoms with E-state index in [1.807, 2.05) is 13.1 Å². The number of carbonyl (C=O) groups excluding carboxylic acids is 1. The zero-order valence-corrected chi connectivity index (χ0v) is 8.05. The van der Waals surface area contributed by atoms with E-state index in [1.54, 1.807) is 15.8 Å². The molecule has 2 rings (SSSR count). The summed E-state index contributed by atoms with van der Waals surface area (Å²) in [5.74, 6) is -0.0341. The zero-order chi connectivity index (χ0) is 10.1. The molecule has 1 aromatic heterocycles. The lowest BCUT2D eigenvalue weighted by Gasteiger charge is -2.12. The second kappa shape index (κ2) is 3.42. The van der Waals surface area contributed by atoms with Gasteiger partial charge in [-0.15, -0.1) is 0 Å². The molecule has 76 valence electrons. The number of anilines is 1. The van der Waals surface area contributed by atoms with E-state index in [0.29, 0.717) is 6.54 Å². The number of rotatable bonds is 2. The molecule has 0 aromatic carbocycles. The van der Waals surface area contributed by atoms with Gasteiger partial charge < -0.3 is 10.0 Å². The van der Waals surface area contributed by atoms with Crippen LogP contribution < -0.4 is 4.90 Å². The van der Waals surface area contributed by atoms with Crippen molar-refractivity contribution in [3.8, 4) is 0 Å². The van der Waals surface area contributed by atoms with E-state index in [9.17, 15) is 9.90 Å². The van der Waals surface area contributed by atoms with Crippen molar-refractivity contribution in [1.29, 1.82) is 0 Å². The van der Waals surface area contributed by atoms with Crippen LogP contribution >= 0.6 is 0 Å². The van der Waals surface area contributed by atoms with Crippen molar-refractivity contribution in [2.45, 2.75) is 26.0 Å². The molecule has 1 saturated heterocycles. The van der Waals surface area contributed by atoms with Gasteiger partial charge in [0.1, 0.15) is 0 Å². The highest BCUT2D eigenvalue weighted by Gasteiger charge is 2.29. The topological polar surface area (TPSA) is 58.4 Å². The van der Waals surface area contributed by atoms with Crippen LogP contribution in [0.2, 0.25) is 0 Å². The number of nitrogens with zero attached hydrogens (tertiary/aromatic N) is 3. The first kappa shape index (κ1) is 9.21. The number of hydrogen-bond donors (Lipinski definition) is 1. The Bertz CT molecular complexity index is 348. The Morgan fingerprint density at radius 3 is 3.00 bits per heavy atom. The lowest BCUT2D eigenvalue weighted by atomic mass is 10.3.